The van der Waals surface area contributed by atoms with Crippen molar-refractivity contribution in [2.75, 3.05) is 19.8 Å². The second-order valence-electron chi connectivity index (χ2n) is 3.38. The van der Waals surface area contributed by atoms with E-state index in [9.17, 15) is 20.0 Å². The van der Waals surface area contributed by atoms with E-state index >= 15 is 0 Å². The van der Waals surface area contributed by atoms with Gasteiger partial charge in [-0.05, 0) is 6.07 Å². The molecule has 7 heteroatoms. The van der Waals surface area contributed by atoms with Crippen LogP contribution in [0.5, 0.6) is 5.75 Å². The third-order valence-corrected chi connectivity index (χ3v) is 1.99. The first-order valence-corrected chi connectivity index (χ1v) is 4.33. The molecule has 0 spiro atoms. The fraction of sp³-hybridized carbons (Fsp3) is 0.222. The molecular formula is C9H11N3O4. The van der Waals surface area contributed by atoms with Gasteiger partial charge >= 0.3 is 0 Å². The molecule has 86 valence electrons. The van der Waals surface area contributed by atoms with Gasteiger partial charge < -0.3 is 15.7 Å². The van der Waals surface area contributed by atoms with Crippen LogP contribution in [0.15, 0.2) is 12.1 Å². The van der Waals surface area contributed by atoms with Crippen molar-refractivity contribution in [3.05, 3.63) is 27.8 Å². The number of rotatable bonds is 2. The monoisotopic (exact) mass is 225 g/mol. The number of carbonyl (C=O) groups is 1. The Bertz CT molecular complexity index is 456. The van der Waals surface area contributed by atoms with Crippen molar-refractivity contribution in [3.8, 4) is 5.75 Å². The predicted octanol–water partition coefficient (Wildman–Crippen LogP) is 0.584. The van der Waals surface area contributed by atoms with Crippen molar-refractivity contribution in [3.63, 3.8) is 0 Å². The molecule has 1 rings (SSSR count). The van der Waals surface area contributed by atoms with Crippen molar-refractivity contribution < 1.29 is 14.8 Å². The third kappa shape index (κ3) is 2.02. The van der Waals surface area contributed by atoms with Crippen molar-refractivity contribution in [2.24, 2.45) is 0 Å². The Morgan fingerprint density at radius 1 is 1.50 bits per heavy atom. The van der Waals surface area contributed by atoms with Crippen molar-refractivity contribution in [1.82, 2.24) is 4.90 Å². The number of nitrogens with two attached hydrogens (primary N) is 1. The molecule has 0 aliphatic heterocycles. The van der Waals surface area contributed by atoms with Crippen LogP contribution in [0.4, 0.5) is 11.4 Å². The number of nitro benzene ring substituents is 1. The number of nitro groups is 1. The molecule has 0 radical (unpaired) electrons. The molecule has 0 heterocycles. The predicted molar refractivity (Wildman–Crippen MR) is 57.2 cm³/mol. The summed E-state index contributed by atoms with van der Waals surface area (Å²) in [7, 11) is 3.00. The van der Waals surface area contributed by atoms with Crippen LogP contribution in [0.3, 0.4) is 0 Å². The van der Waals surface area contributed by atoms with E-state index in [4.69, 9.17) is 5.73 Å². The number of benzene rings is 1. The molecule has 0 aliphatic rings. The van der Waals surface area contributed by atoms with Gasteiger partial charge in [0.25, 0.3) is 11.6 Å². The van der Waals surface area contributed by atoms with Crippen molar-refractivity contribution in [1.29, 1.82) is 0 Å². The van der Waals surface area contributed by atoms with Gasteiger partial charge in [0.15, 0.2) is 5.69 Å². The first kappa shape index (κ1) is 11.8. The number of hydrogen-bond acceptors (Lipinski definition) is 5. The minimum Gasteiger partial charge on any atom is -0.505 e. The van der Waals surface area contributed by atoms with Crippen LogP contribution in [0.1, 0.15) is 10.4 Å². The molecule has 0 bridgehead atoms. The van der Waals surface area contributed by atoms with Crippen LogP contribution < -0.4 is 5.73 Å². The lowest BCUT2D eigenvalue weighted by Crippen LogP contribution is -2.21. The molecule has 7 nitrogen and oxygen atoms in total. The summed E-state index contributed by atoms with van der Waals surface area (Å²) in [6.45, 7) is 0. The van der Waals surface area contributed by atoms with Crippen molar-refractivity contribution in [2.45, 2.75) is 0 Å². The highest BCUT2D eigenvalue weighted by Gasteiger charge is 2.20. The summed E-state index contributed by atoms with van der Waals surface area (Å²) in [4.78, 5) is 22.6. The number of phenols is 1. The maximum absolute atomic E-state index is 11.5. The molecule has 1 amide bonds. The van der Waals surface area contributed by atoms with Crippen molar-refractivity contribution >= 4 is 17.3 Å². The topological polar surface area (TPSA) is 110 Å². The molecule has 1 aromatic rings. The summed E-state index contributed by atoms with van der Waals surface area (Å²) in [6.07, 6.45) is 0. The van der Waals surface area contributed by atoms with Gasteiger partial charge in [-0.15, -0.1) is 0 Å². The number of amides is 1. The molecule has 16 heavy (non-hydrogen) atoms. The molecule has 1 aromatic carbocycles. The first-order valence-electron chi connectivity index (χ1n) is 4.33. The lowest BCUT2D eigenvalue weighted by Gasteiger charge is -2.11. The van der Waals surface area contributed by atoms with Crippen LogP contribution in [0, 0.1) is 10.1 Å². The highest BCUT2D eigenvalue weighted by atomic mass is 16.6. The van der Waals surface area contributed by atoms with E-state index in [-0.39, 0.29) is 11.3 Å². The Morgan fingerprint density at radius 3 is 2.50 bits per heavy atom. The molecular weight excluding hydrogens is 214 g/mol. The minimum absolute atomic E-state index is 0.0170. The van der Waals surface area contributed by atoms with Crippen LogP contribution in [0.25, 0.3) is 0 Å². The lowest BCUT2D eigenvalue weighted by molar-refractivity contribution is -0.384. The zero-order valence-electron chi connectivity index (χ0n) is 8.80. The smallest absolute Gasteiger partial charge is 0.296 e. The van der Waals surface area contributed by atoms with Gasteiger partial charge in [-0.25, -0.2) is 0 Å². The molecule has 0 fully saturated rings. The number of nitrogens with zero attached hydrogens (tertiary/aromatic N) is 2. The van der Waals surface area contributed by atoms with E-state index in [2.05, 4.69) is 0 Å². The number of nitrogen functional groups attached to an aromatic ring is 1. The minimum atomic E-state index is -0.749. The maximum Gasteiger partial charge on any atom is 0.296 e. The Hall–Kier alpha value is -2.31. The van der Waals surface area contributed by atoms with E-state index in [1.807, 2.05) is 0 Å². The molecule has 3 N–H and O–H groups in total. The molecule has 0 aromatic heterocycles. The maximum atomic E-state index is 11.5. The van der Waals surface area contributed by atoms with Crippen LogP contribution >= 0.6 is 0 Å². The summed E-state index contributed by atoms with van der Waals surface area (Å²) in [5, 5.41) is 20.0. The molecule has 0 saturated heterocycles. The summed E-state index contributed by atoms with van der Waals surface area (Å²) < 4.78 is 0. The fourth-order valence-corrected chi connectivity index (χ4v) is 1.16. The molecule has 0 saturated carbocycles. The Balaban J connectivity index is 3.35. The zero-order valence-corrected chi connectivity index (χ0v) is 8.80. The average Bonchev–Trinajstić information content (AvgIpc) is 2.20. The number of anilines is 1. The average molecular weight is 225 g/mol. The summed E-state index contributed by atoms with van der Waals surface area (Å²) in [5.41, 5.74) is 4.50. The zero-order chi connectivity index (χ0) is 12.5. The first-order chi connectivity index (χ1) is 7.34. The second-order valence-corrected chi connectivity index (χ2v) is 3.38. The van der Waals surface area contributed by atoms with E-state index in [1.165, 1.54) is 19.0 Å². The summed E-state index contributed by atoms with van der Waals surface area (Å²) in [5.74, 6) is -0.919. The molecule has 0 atom stereocenters. The lowest BCUT2D eigenvalue weighted by atomic mass is 10.1. The summed E-state index contributed by atoms with van der Waals surface area (Å²) in [6, 6.07) is 2.14. The Morgan fingerprint density at radius 2 is 2.06 bits per heavy atom. The Labute approximate surface area is 91.2 Å². The van der Waals surface area contributed by atoms with Gasteiger partial charge in [0.2, 0.25) is 0 Å². The summed E-state index contributed by atoms with van der Waals surface area (Å²) >= 11 is 0. The van der Waals surface area contributed by atoms with Crippen LogP contribution in [-0.4, -0.2) is 34.9 Å². The van der Waals surface area contributed by atoms with Gasteiger partial charge in [-0.1, -0.05) is 0 Å². The van der Waals surface area contributed by atoms with E-state index in [0.717, 1.165) is 12.1 Å². The number of phenolic OH excluding ortho intramolecular Hbond substituents is 1. The van der Waals surface area contributed by atoms with E-state index < -0.39 is 22.3 Å². The number of aromatic hydroxyl groups is 1. The SMILES string of the molecule is CN(C)C(=O)c1cc(O)c(N)c([N+](=O)[O-])c1. The Kier molecular flexibility index (Phi) is 2.98. The van der Waals surface area contributed by atoms with Gasteiger partial charge in [0.05, 0.1) is 10.5 Å². The van der Waals surface area contributed by atoms with E-state index in [1.54, 1.807) is 0 Å². The van der Waals surface area contributed by atoms with Gasteiger partial charge in [0.1, 0.15) is 5.75 Å². The normalized spacial score (nSPS) is 9.88. The molecule has 0 aliphatic carbocycles. The van der Waals surface area contributed by atoms with Gasteiger partial charge in [0, 0.05) is 20.2 Å². The molecule has 0 unspecified atom stereocenters. The third-order valence-electron chi connectivity index (χ3n) is 1.99. The highest BCUT2D eigenvalue weighted by molar-refractivity contribution is 5.96. The quantitative estimate of drug-likeness (QED) is 0.331. The number of carbonyl (C=O) groups excluding carboxylic acids is 1. The van der Waals surface area contributed by atoms with Gasteiger partial charge in [-0.2, -0.15) is 0 Å². The van der Waals surface area contributed by atoms with Gasteiger partial charge in [-0.3, -0.25) is 14.9 Å². The van der Waals surface area contributed by atoms with Crippen LogP contribution in [0.2, 0.25) is 0 Å². The fourth-order valence-electron chi connectivity index (χ4n) is 1.16. The van der Waals surface area contributed by atoms with Crippen LogP contribution in [-0.2, 0) is 0 Å². The second kappa shape index (κ2) is 4.05. The standard InChI is InChI=1S/C9H11N3O4/c1-11(2)9(14)5-3-6(12(15)16)8(10)7(13)4-5/h3-4,13H,10H2,1-2H3. The number of hydrogen-bond donors (Lipinski definition) is 2. The van der Waals surface area contributed by atoms with E-state index in [0.29, 0.717) is 0 Å². The highest BCUT2D eigenvalue weighted by Crippen LogP contribution is 2.32. The largest absolute Gasteiger partial charge is 0.505 e.